The van der Waals surface area contributed by atoms with Gasteiger partial charge in [0.15, 0.2) is 0 Å². The van der Waals surface area contributed by atoms with Crippen LogP contribution < -0.4 is 16.0 Å². The molecule has 0 aliphatic heterocycles. The molecule has 0 atom stereocenters. The molecule has 0 radical (unpaired) electrons. The molecule has 0 aromatic heterocycles. The van der Waals surface area contributed by atoms with E-state index in [0.29, 0.717) is 0 Å². The second kappa shape index (κ2) is 12.9. The fourth-order valence-corrected chi connectivity index (χ4v) is 8.27. The Labute approximate surface area is 311 Å². The number of nitrogens with two attached hydrogens (primary N) is 1. The first-order valence-corrected chi connectivity index (χ1v) is 18.3. The van der Waals surface area contributed by atoms with E-state index in [9.17, 15) is 0 Å². The van der Waals surface area contributed by atoms with Crippen molar-refractivity contribution in [2.24, 2.45) is 0 Å². The summed E-state index contributed by atoms with van der Waals surface area (Å²) in [5, 5.41) is 8.53. The van der Waals surface area contributed by atoms with E-state index in [2.05, 4.69) is 188 Å². The fraction of sp³-hybridized carbons (Fsp3) is 0.0800. The third-order valence-corrected chi connectivity index (χ3v) is 10.9. The van der Waals surface area contributed by atoms with E-state index < -0.39 is 0 Å². The van der Waals surface area contributed by atoms with Gasteiger partial charge in [-0.3, -0.25) is 0 Å². The highest BCUT2D eigenvalue weighted by Gasteiger charge is 2.37. The molecule has 3 heteroatoms. The molecule has 0 bridgehead atoms. The van der Waals surface area contributed by atoms with Crippen LogP contribution in [0.3, 0.4) is 0 Å². The zero-order valence-corrected chi connectivity index (χ0v) is 30.1. The molecular weight excluding hydrogens is 643 g/mol. The van der Waals surface area contributed by atoms with Gasteiger partial charge < -0.3 is 16.0 Å². The van der Waals surface area contributed by atoms with Gasteiger partial charge in [0.25, 0.3) is 0 Å². The molecule has 3 N–H and O–H groups in total. The zero-order valence-electron chi connectivity index (χ0n) is 30.1. The highest BCUT2D eigenvalue weighted by molar-refractivity contribution is 6.23. The Balaban J connectivity index is 1.39. The molecule has 7 aromatic carbocycles. The third kappa shape index (κ3) is 5.53. The molecule has 0 spiro atoms. The molecule has 0 saturated heterocycles. The second-order valence-electron chi connectivity index (χ2n) is 14.5. The Morgan fingerprint density at radius 1 is 0.660 bits per heavy atom. The van der Waals surface area contributed by atoms with Gasteiger partial charge in [0.05, 0.1) is 11.4 Å². The lowest BCUT2D eigenvalue weighted by Crippen LogP contribution is -2.16. The van der Waals surface area contributed by atoms with Crippen LogP contribution in [0.4, 0.5) is 34.1 Å². The first-order chi connectivity index (χ1) is 25.9. The second-order valence-corrected chi connectivity index (χ2v) is 14.5. The number of benzene rings is 7. The highest BCUT2D eigenvalue weighted by Crippen LogP contribution is 2.55. The van der Waals surface area contributed by atoms with E-state index in [4.69, 9.17) is 5.73 Å². The summed E-state index contributed by atoms with van der Waals surface area (Å²) in [5.41, 5.74) is 21.0. The molecule has 0 saturated carbocycles. The van der Waals surface area contributed by atoms with Gasteiger partial charge in [0.1, 0.15) is 0 Å². The number of rotatable bonds is 7. The van der Waals surface area contributed by atoms with E-state index in [1.54, 1.807) is 0 Å². The molecule has 0 unspecified atom stereocenters. The first-order valence-electron chi connectivity index (χ1n) is 18.3. The molecular formula is C50H41N3. The predicted octanol–water partition coefficient (Wildman–Crippen LogP) is 13.6. The number of nitrogen functional groups attached to an aromatic ring is 1. The summed E-state index contributed by atoms with van der Waals surface area (Å²) in [6.07, 6.45) is 13.8. The maximum atomic E-state index is 6.41. The van der Waals surface area contributed by atoms with Crippen molar-refractivity contribution in [3.8, 4) is 11.1 Å². The van der Waals surface area contributed by atoms with E-state index in [0.717, 1.165) is 62.4 Å². The Morgan fingerprint density at radius 2 is 1.40 bits per heavy atom. The molecule has 9 rings (SSSR count). The van der Waals surface area contributed by atoms with Crippen LogP contribution in [-0.4, -0.2) is 0 Å². The molecule has 7 aromatic rings. The Morgan fingerprint density at radius 3 is 2.15 bits per heavy atom. The van der Waals surface area contributed by atoms with Gasteiger partial charge in [0.2, 0.25) is 0 Å². The number of hydrogen-bond acceptors (Lipinski definition) is 3. The number of para-hydroxylation sites is 2. The van der Waals surface area contributed by atoms with Crippen molar-refractivity contribution in [3.05, 3.63) is 192 Å². The SMILES string of the molecule is C=Cc1ccc(N(c2ccccc2)c2c3ccccc3c(Nc3ccccc3)c3cc4c(cc23)-c2ccc(N)cc2C4(C)C)cc1/C=C1/C=CC=CC1. The van der Waals surface area contributed by atoms with Crippen molar-refractivity contribution in [3.63, 3.8) is 0 Å². The first kappa shape index (κ1) is 32.3. The quantitative estimate of drug-likeness (QED) is 0.0998. The lowest BCUT2D eigenvalue weighted by molar-refractivity contribution is 0.661. The fourth-order valence-electron chi connectivity index (χ4n) is 8.27. The number of fused-ring (bicyclic) bond motifs is 5. The normalized spacial score (nSPS) is 14.7. The van der Waals surface area contributed by atoms with Crippen LogP contribution in [0.15, 0.2) is 170 Å². The van der Waals surface area contributed by atoms with Crippen molar-refractivity contribution in [2.75, 3.05) is 16.0 Å². The highest BCUT2D eigenvalue weighted by atomic mass is 15.1. The minimum Gasteiger partial charge on any atom is -0.399 e. The maximum absolute atomic E-state index is 6.41. The van der Waals surface area contributed by atoms with Crippen LogP contribution in [0.25, 0.3) is 44.8 Å². The Kier molecular flexibility index (Phi) is 7.86. The molecule has 0 fully saturated rings. The third-order valence-electron chi connectivity index (χ3n) is 10.9. The molecule has 2 aliphatic rings. The van der Waals surface area contributed by atoms with Crippen LogP contribution in [0.1, 0.15) is 42.5 Å². The van der Waals surface area contributed by atoms with Gasteiger partial charge in [-0.2, -0.15) is 0 Å². The van der Waals surface area contributed by atoms with Gasteiger partial charge in [-0.05, 0) is 106 Å². The van der Waals surface area contributed by atoms with Gasteiger partial charge in [0, 0.05) is 49.7 Å². The molecule has 0 amide bonds. The largest absolute Gasteiger partial charge is 0.399 e. The summed E-state index contributed by atoms with van der Waals surface area (Å²) < 4.78 is 0. The van der Waals surface area contributed by atoms with Crippen LogP contribution in [-0.2, 0) is 5.41 Å². The summed E-state index contributed by atoms with van der Waals surface area (Å²) >= 11 is 0. The van der Waals surface area contributed by atoms with Gasteiger partial charge in [-0.15, -0.1) is 0 Å². The van der Waals surface area contributed by atoms with E-state index >= 15 is 0 Å². The summed E-state index contributed by atoms with van der Waals surface area (Å²) in [6, 6.07) is 48.1. The maximum Gasteiger partial charge on any atom is 0.0620 e. The van der Waals surface area contributed by atoms with E-state index in [1.165, 1.54) is 38.6 Å². The molecule has 0 heterocycles. The van der Waals surface area contributed by atoms with Crippen molar-refractivity contribution < 1.29 is 0 Å². The molecule has 53 heavy (non-hydrogen) atoms. The number of nitrogens with one attached hydrogen (secondary N) is 1. The molecule has 2 aliphatic carbocycles. The Hall–Kier alpha value is -6.58. The summed E-state index contributed by atoms with van der Waals surface area (Å²) in [6.45, 7) is 8.82. The topological polar surface area (TPSA) is 41.3 Å². The smallest absolute Gasteiger partial charge is 0.0620 e. The molecule has 256 valence electrons. The van der Waals surface area contributed by atoms with Crippen LogP contribution in [0.5, 0.6) is 0 Å². The van der Waals surface area contributed by atoms with Crippen molar-refractivity contribution in [1.29, 1.82) is 0 Å². The number of allylic oxidation sites excluding steroid dienone is 5. The Bertz CT molecular complexity index is 2660. The van der Waals surface area contributed by atoms with Crippen molar-refractivity contribution in [2.45, 2.75) is 25.7 Å². The minimum atomic E-state index is -0.227. The van der Waals surface area contributed by atoms with Crippen LogP contribution in [0.2, 0.25) is 0 Å². The van der Waals surface area contributed by atoms with Crippen LogP contribution >= 0.6 is 0 Å². The van der Waals surface area contributed by atoms with E-state index in [1.807, 2.05) is 12.1 Å². The lowest BCUT2D eigenvalue weighted by Gasteiger charge is -2.31. The van der Waals surface area contributed by atoms with Gasteiger partial charge in [-0.25, -0.2) is 0 Å². The van der Waals surface area contributed by atoms with Crippen molar-refractivity contribution in [1.82, 2.24) is 0 Å². The number of anilines is 6. The summed E-state index contributed by atoms with van der Waals surface area (Å²) in [4.78, 5) is 2.44. The van der Waals surface area contributed by atoms with E-state index in [-0.39, 0.29) is 5.41 Å². The lowest BCUT2D eigenvalue weighted by atomic mass is 9.81. The predicted molar refractivity (Wildman–Crippen MR) is 229 cm³/mol. The van der Waals surface area contributed by atoms with Crippen molar-refractivity contribution >= 4 is 67.8 Å². The number of nitrogens with zero attached hydrogens (tertiary/aromatic N) is 1. The monoisotopic (exact) mass is 683 g/mol. The van der Waals surface area contributed by atoms with Gasteiger partial charge in [-0.1, -0.05) is 130 Å². The standard InChI is InChI=1S/C50H41N3/c1-4-34-24-26-39(29-35(34)28-33-16-8-5-9-17-33)53(38-20-12-7-13-21-38)49-42-23-15-14-22-41(42)48(52-37-18-10-6-11-19-37)44-32-47-43(31-45(44)49)40-27-25-36(51)30-46(40)50(47,2)3/h4-16,18-32,52H,1,17,51H2,2-3H3/b33-28-. The molecule has 3 nitrogen and oxygen atoms in total. The number of hydrogen-bond donors (Lipinski definition) is 2. The van der Waals surface area contributed by atoms with Crippen LogP contribution in [0, 0.1) is 0 Å². The average molecular weight is 684 g/mol. The zero-order chi connectivity index (χ0) is 36.1. The summed E-state index contributed by atoms with van der Waals surface area (Å²) in [5.74, 6) is 0. The van der Waals surface area contributed by atoms with Gasteiger partial charge >= 0.3 is 0 Å². The minimum absolute atomic E-state index is 0.227. The summed E-state index contributed by atoms with van der Waals surface area (Å²) in [7, 11) is 0. The average Bonchev–Trinajstić information content (AvgIpc) is 3.41.